The van der Waals surface area contributed by atoms with Crippen LogP contribution in [0.4, 0.5) is 5.69 Å². The molecule has 0 aliphatic heterocycles. The number of ether oxygens (including phenoxy) is 1. The van der Waals surface area contributed by atoms with Crippen molar-refractivity contribution in [2.45, 2.75) is 13.5 Å². The normalized spacial score (nSPS) is 9.95. The van der Waals surface area contributed by atoms with Crippen LogP contribution in [-0.2, 0) is 11.3 Å². The highest BCUT2D eigenvalue weighted by Crippen LogP contribution is 2.15. The van der Waals surface area contributed by atoms with Gasteiger partial charge in [-0.25, -0.2) is 0 Å². The average molecular weight is 304 g/mol. The van der Waals surface area contributed by atoms with Crippen molar-refractivity contribution in [2.24, 2.45) is 0 Å². The smallest absolute Gasteiger partial charge is 0.283 e. The number of carbonyl (C=O) groups is 1. The van der Waals surface area contributed by atoms with Crippen LogP contribution in [0, 0.1) is 0 Å². The minimum atomic E-state index is -0.360. The summed E-state index contributed by atoms with van der Waals surface area (Å²) in [6.07, 6.45) is 1.57. The quantitative estimate of drug-likeness (QED) is 0.832. The number of amides is 1. The summed E-state index contributed by atoms with van der Waals surface area (Å²) >= 11 is 5.03. The third-order valence-electron chi connectivity index (χ3n) is 2.63. The first-order valence-corrected chi connectivity index (χ1v) is 6.94. The van der Waals surface area contributed by atoms with E-state index in [1.54, 1.807) is 42.7 Å². The van der Waals surface area contributed by atoms with E-state index in [4.69, 9.17) is 21.4 Å². The molecule has 0 unspecified atom stereocenters. The Hall–Kier alpha value is -2.34. The molecule has 2 N–H and O–H groups in total. The molecule has 1 heterocycles. The maximum absolute atomic E-state index is 11.9. The highest BCUT2D eigenvalue weighted by atomic mass is 32.1. The lowest BCUT2D eigenvalue weighted by atomic mass is 10.3. The molecule has 0 aliphatic rings. The van der Waals surface area contributed by atoms with E-state index in [0.717, 1.165) is 5.75 Å². The van der Waals surface area contributed by atoms with Crippen LogP contribution < -0.4 is 15.4 Å². The molecule has 0 atom stereocenters. The van der Waals surface area contributed by atoms with Gasteiger partial charge in [0.15, 0.2) is 4.99 Å². The maximum Gasteiger partial charge on any atom is 0.283 e. The van der Waals surface area contributed by atoms with Gasteiger partial charge in [0.25, 0.3) is 5.91 Å². The fourth-order valence-electron chi connectivity index (χ4n) is 1.65. The van der Waals surface area contributed by atoms with E-state index in [1.165, 1.54) is 0 Å². The van der Waals surface area contributed by atoms with Gasteiger partial charge in [0.1, 0.15) is 11.5 Å². The molecule has 1 aromatic heterocycles. The molecular weight excluding hydrogens is 288 g/mol. The molecule has 1 aromatic carbocycles. The van der Waals surface area contributed by atoms with Crippen LogP contribution in [0.5, 0.6) is 5.75 Å². The van der Waals surface area contributed by atoms with Gasteiger partial charge < -0.3 is 19.8 Å². The molecule has 0 radical (unpaired) electrons. The van der Waals surface area contributed by atoms with Crippen molar-refractivity contribution in [1.29, 1.82) is 0 Å². The Morgan fingerprint density at radius 3 is 2.67 bits per heavy atom. The zero-order chi connectivity index (χ0) is 15.1. The third kappa shape index (κ3) is 4.61. The Morgan fingerprint density at radius 1 is 1.29 bits per heavy atom. The first kappa shape index (κ1) is 15.1. The van der Waals surface area contributed by atoms with Crippen LogP contribution in [0.2, 0.25) is 0 Å². The first-order chi connectivity index (χ1) is 10.2. The molecule has 110 valence electrons. The van der Waals surface area contributed by atoms with E-state index in [-0.39, 0.29) is 10.9 Å². The molecule has 2 aromatic rings. The van der Waals surface area contributed by atoms with Gasteiger partial charge in [-0.05, 0) is 43.3 Å². The molecule has 2 rings (SSSR count). The van der Waals surface area contributed by atoms with Gasteiger partial charge in [-0.2, -0.15) is 0 Å². The van der Waals surface area contributed by atoms with E-state index in [9.17, 15) is 4.79 Å². The lowest BCUT2D eigenvalue weighted by Crippen LogP contribution is -2.33. The predicted octanol–water partition coefficient (Wildman–Crippen LogP) is 2.73. The maximum atomic E-state index is 11.9. The monoisotopic (exact) mass is 304 g/mol. The number of furan rings is 1. The Kier molecular flexibility index (Phi) is 5.34. The van der Waals surface area contributed by atoms with Crippen LogP contribution in [0.15, 0.2) is 47.1 Å². The van der Waals surface area contributed by atoms with E-state index < -0.39 is 0 Å². The highest BCUT2D eigenvalue weighted by Gasteiger charge is 2.09. The van der Waals surface area contributed by atoms with Gasteiger partial charge in [-0.3, -0.25) is 4.79 Å². The van der Waals surface area contributed by atoms with E-state index in [0.29, 0.717) is 24.6 Å². The molecule has 0 bridgehead atoms. The van der Waals surface area contributed by atoms with Gasteiger partial charge >= 0.3 is 0 Å². The summed E-state index contributed by atoms with van der Waals surface area (Å²) < 4.78 is 10.5. The number of benzene rings is 1. The molecular formula is C15H16N2O3S. The second kappa shape index (κ2) is 7.44. The number of anilines is 1. The molecule has 0 saturated carbocycles. The number of thiocarbonyl (C=S) groups is 1. The Morgan fingerprint density at radius 2 is 2.05 bits per heavy atom. The first-order valence-electron chi connectivity index (χ1n) is 6.53. The minimum Gasteiger partial charge on any atom is -0.494 e. The number of hydrogen-bond acceptors (Lipinski definition) is 4. The second-order valence-electron chi connectivity index (χ2n) is 4.17. The summed E-state index contributed by atoms with van der Waals surface area (Å²) in [7, 11) is 0. The van der Waals surface area contributed by atoms with Gasteiger partial charge in [-0.15, -0.1) is 0 Å². The number of rotatable bonds is 5. The molecule has 0 fully saturated rings. The summed E-state index contributed by atoms with van der Waals surface area (Å²) in [4.78, 5) is 12.0. The van der Waals surface area contributed by atoms with Crippen LogP contribution in [0.25, 0.3) is 0 Å². The minimum absolute atomic E-state index is 0.111. The molecule has 0 aliphatic carbocycles. The number of carbonyl (C=O) groups excluding carboxylic acids is 1. The van der Waals surface area contributed by atoms with E-state index in [2.05, 4.69) is 10.6 Å². The van der Waals surface area contributed by atoms with Gasteiger partial charge in [-0.1, -0.05) is 12.2 Å². The molecule has 5 nitrogen and oxygen atoms in total. The topological polar surface area (TPSA) is 63.5 Å². The van der Waals surface area contributed by atoms with Crippen molar-refractivity contribution >= 4 is 28.8 Å². The lowest BCUT2D eigenvalue weighted by Gasteiger charge is -2.09. The number of nitrogens with one attached hydrogen (secondary N) is 2. The fourth-order valence-corrected chi connectivity index (χ4v) is 1.77. The average Bonchev–Trinajstić information content (AvgIpc) is 3.00. The summed E-state index contributed by atoms with van der Waals surface area (Å²) in [5.41, 5.74) is 0.658. The molecule has 1 amide bonds. The summed E-state index contributed by atoms with van der Waals surface area (Å²) in [6, 6.07) is 10.7. The molecule has 0 saturated heterocycles. The van der Waals surface area contributed by atoms with E-state index >= 15 is 0 Å². The summed E-state index contributed by atoms with van der Waals surface area (Å²) in [5.74, 6) is 1.11. The van der Waals surface area contributed by atoms with Crippen LogP contribution in [-0.4, -0.2) is 17.5 Å². The number of hydrogen-bond donors (Lipinski definition) is 2. The predicted molar refractivity (Wildman–Crippen MR) is 84.4 cm³/mol. The Bertz CT molecular complexity index is 594. The van der Waals surface area contributed by atoms with Crippen LogP contribution in [0.3, 0.4) is 0 Å². The lowest BCUT2D eigenvalue weighted by molar-refractivity contribution is -0.110. The van der Waals surface area contributed by atoms with Crippen LogP contribution >= 0.6 is 12.2 Å². The molecule has 6 heteroatoms. The van der Waals surface area contributed by atoms with Crippen molar-refractivity contribution in [3.8, 4) is 5.75 Å². The van der Waals surface area contributed by atoms with E-state index in [1.807, 2.05) is 6.92 Å². The van der Waals surface area contributed by atoms with Gasteiger partial charge in [0.2, 0.25) is 0 Å². The fraction of sp³-hybridized carbons (Fsp3) is 0.200. The standard InChI is InChI=1S/C15H16N2O3S/c1-2-19-12-7-5-11(6-8-12)17-14(18)15(21)16-10-13-4-3-9-20-13/h3-9H,2,10H2,1H3,(H,16,21)(H,17,18). The Labute approximate surface area is 128 Å². The third-order valence-corrected chi connectivity index (χ3v) is 2.96. The van der Waals surface area contributed by atoms with Crippen molar-refractivity contribution < 1.29 is 13.9 Å². The second-order valence-corrected chi connectivity index (χ2v) is 4.58. The summed E-state index contributed by atoms with van der Waals surface area (Å²) in [6.45, 7) is 2.90. The van der Waals surface area contributed by atoms with Gasteiger partial charge in [0.05, 0.1) is 19.4 Å². The highest BCUT2D eigenvalue weighted by molar-refractivity contribution is 7.82. The Balaban J connectivity index is 1.83. The zero-order valence-corrected chi connectivity index (χ0v) is 12.4. The van der Waals surface area contributed by atoms with Crippen molar-refractivity contribution in [3.05, 3.63) is 48.4 Å². The summed E-state index contributed by atoms with van der Waals surface area (Å²) in [5, 5.41) is 5.55. The van der Waals surface area contributed by atoms with Gasteiger partial charge in [0, 0.05) is 5.69 Å². The van der Waals surface area contributed by atoms with Crippen molar-refractivity contribution in [2.75, 3.05) is 11.9 Å². The van der Waals surface area contributed by atoms with Crippen molar-refractivity contribution in [1.82, 2.24) is 5.32 Å². The zero-order valence-electron chi connectivity index (χ0n) is 11.6. The molecule has 21 heavy (non-hydrogen) atoms. The SMILES string of the molecule is CCOc1ccc(NC(=O)C(=S)NCc2ccco2)cc1. The largest absolute Gasteiger partial charge is 0.494 e. The molecule has 0 spiro atoms. The van der Waals surface area contributed by atoms with Crippen molar-refractivity contribution in [3.63, 3.8) is 0 Å². The van der Waals surface area contributed by atoms with Crippen LogP contribution in [0.1, 0.15) is 12.7 Å².